The molecule has 0 aliphatic carbocycles. The molecule has 1 amide bonds. The fourth-order valence-corrected chi connectivity index (χ4v) is 7.12. The Labute approximate surface area is 284 Å². The van der Waals surface area contributed by atoms with E-state index in [-0.39, 0.29) is 50.9 Å². The number of nitrogens with one attached hydrogen (secondary N) is 1. The van der Waals surface area contributed by atoms with Gasteiger partial charge in [0.2, 0.25) is 5.91 Å². The average molecular weight is 726 g/mol. The van der Waals surface area contributed by atoms with Crippen molar-refractivity contribution in [2.24, 2.45) is 10.2 Å². The van der Waals surface area contributed by atoms with E-state index in [2.05, 4.69) is 19.7 Å². The Hall–Kier alpha value is -3.09. The summed E-state index contributed by atoms with van der Waals surface area (Å²) in [5, 5.41) is 20.5. The van der Waals surface area contributed by atoms with Gasteiger partial charge in [0.05, 0.1) is 38.4 Å². The number of hydrogen-bond donors (Lipinski definition) is 4. The monoisotopic (exact) mass is 725 g/mol. The van der Waals surface area contributed by atoms with Crippen molar-refractivity contribution in [3.63, 3.8) is 0 Å². The smallest absolute Gasteiger partial charge is 0.744 e. The van der Waals surface area contributed by atoms with E-state index in [1.807, 2.05) is 0 Å². The molecule has 0 radical (unpaired) electrons. The van der Waals surface area contributed by atoms with Crippen LogP contribution in [0.2, 0.25) is 0 Å². The number of benzene rings is 4. The van der Waals surface area contributed by atoms with Gasteiger partial charge in [0.25, 0.3) is 10.1 Å². The zero-order valence-corrected chi connectivity index (χ0v) is 28.7. The first-order valence-corrected chi connectivity index (χ1v) is 17.9. The second-order valence-corrected chi connectivity index (χ2v) is 15.1. The number of fused-ring (bicyclic) bond motifs is 2. The summed E-state index contributed by atoms with van der Waals surface area (Å²) < 4.78 is 130. The van der Waals surface area contributed by atoms with Crippen molar-refractivity contribution in [3.05, 3.63) is 54.6 Å². The van der Waals surface area contributed by atoms with Gasteiger partial charge in [0.15, 0.2) is 15.6 Å². The fourth-order valence-electron chi connectivity index (χ4n) is 4.22. The van der Waals surface area contributed by atoms with Gasteiger partial charge in [0, 0.05) is 17.7 Å². The molecular weight excluding hydrogens is 706 g/mol. The molecule has 0 aliphatic heterocycles. The van der Waals surface area contributed by atoms with Crippen LogP contribution in [0.1, 0.15) is 6.92 Å². The van der Waals surface area contributed by atoms with Crippen LogP contribution in [0.15, 0.2) is 79.5 Å². The summed E-state index contributed by atoms with van der Waals surface area (Å²) in [5.74, 6) is -2.61. The molecule has 46 heavy (non-hydrogen) atoms. The van der Waals surface area contributed by atoms with Crippen molar-refractivity contribution < 1.29 is 91.0 Å². The summed E-state index contributed by atoms with van der Waals surface area (Å²) in [6.45, 7) is 0.146. The number of rotatable bonds is 10. The Morgan fingerprint density at radius 3 is 2.15 bits per heavy atom. The Bertz CT molecular complexity index is 2360. The minimum Gasteiger partial charge on any atom is -0.744 e. The van der Waals surface area contributed by atoms with Crippen LogP contribution in [0, 0.1) is 0 Å². The van der Waals surface area contributed by atoms with Gasteiger partial charge in [-0.15, -0.1) is 5.11 Å². The first kappa shape index (κ1) is 37.4. The molecule has 22 heteroatoms. The summed E-state index contributed by atoms with van der Waals surface area (Å²) in [5.41, 5.74) is -1.42. The number of phenols is 1. The van der Waals surface area contributed by atoms with Gasteiger partial charge in [-0.05, 0) is 47.2 Å². The Morgan fingerprint density at radius 1 is 0.891 bits per heavy atom. The Kier molecular flexibility index (Phi) is 11.0. The van der Waals surface area contributed by atoms with E-state index in [1.54, 1.807) is 0 Å². The van der Waals surface area contributed by atoms with Crippen LogP contribution in [0.25, 0.3) is 21.5 Å². The summed E-state index contributed by atoms with van der Waals surface area (Å²) >= 11 is 0. The molecule has 0 fully saturated rings. The van der Waals surface area contributed by atoms with Crippen LogP contribution in [0.3, 0.4) is 0 Å². The molecule has 0 aliphatic rings. The zero-order chi connectivity index (χ0) is 33.5. The number of azo groups is 1. The van der Waals surface area contributed by atoms with Gasteiger partial charge in [-0.2, -0.15) is 21.9 Å². The molecule has 17 nitrogen and oxygen atoms in total. The van der Waals surface area contributed by atoms with Crippen molar-refractivity contribution in [3.8, 4) is 5.75 Å². The average Bonchev–Trinajstić information content (AvgIpc) is 2.89. The Balaban J connectivity index is 0.00000576. The van der Waals surface area contributed by atoms with E-state index in [0.29, 0.717) is 11.5 Å². The van der Waals surface area contributed by atoms with E-state index in [9.17, 15) is 52.7 Å². The van der Waals surface area contributed by atoms with Gasteiger partial charge in [-0.3, -0.25) is 13.9 Å². The minimum atomic E-state index is -5.43. The predicted molar refractivity (Wildman–Crippen MR) is 155 cm³/mol. The number of nitrogens with zero attached hydrogens (tertiary/aromatic N) is 2. The van der Waals surface area contributed by atoms with Gasteiger partial charge >= 0.3 is 40.0 Å². The maximum absolute atomic E-state index is 12.9. The molecule has 4 aromatic carbocycles. The van der Waals surface area contributed by atoms with E-state index in [1.165, 1.54) is 36.4 Å². The van der Waals surface area contributed by atoms with E-state index < -0.39 is 91.0 Å². The third-order valence-corrected chi connectivity index (χ3v) is 9.89. The van der Waals surface area contributed by atoms with Crippen LogP contribution >= 0.6 is 0 Å². The number of sulfone groups is 1. The first-order chi connectivity index (χ1) is 20.7. The molecule has 0 saturated heterocycles. The molecule has 4 rings (SSSR count). The molecular formula is C24H20N3NaO14S4. The zero-order valence-electron chi connectivity index (χ0n) is 23.5. The van der Waals surface area contributed by atoms with Crippen molar-refractivity contribution in [2.75, 3.05) is 17.7 Å². The number of hydrogen-bond acceptors (Lipinski definition) is 14. The van der Waals surface area contributed by atoms with Crippen LogP contribution < -0.4 is 34.9 Å². The fraction of sp³-hybridized carbons (Fsp3) is 0.125. The molecule has 0 unspecified atom stereocenters. The number of carbonyl (C=O) groups is 1. The standard InChI is InChI=1S/C24H21N3O14S4.Na/c1-13(28)25-19-12-17(43(32,33)34)9-15-10-21(44(35,36)37)23(24(29)22(15)19)27-26-16-6-5-14-3-2-4-20(18(14)11-16)42(30,31)8-7-41-45(38,39)40;/h2-6,9-12,29H,7-8H2,1H3,(H,25,28)(H,32,33,34)(H,35,36,37)(H,38,39,40);/q;+1/p-1. The first-order valence-electron chi connectivity index (χ1n) is 12.0. The van der Waals surface area contributed by atoms with Crippen molar-refractivity contribution >= 4 is 85.0 Å². The molecule has 0 spiro atoms. The van der Waals surface area contributed by atoms with E-state index in [0.717, 1.165) is 19.1 Å². The molecule has 4 aromatic rings. The molecule has 240 valence electrons. The molecule has 0 heterocycles. The van der Waals surface area contributed by atoms with Gasteiger partial charge in [0.1, 0.15) is 15.8 Å². The molecule has 0 atom stereocenters. The maximum Gasteiger partial charge on any atom is 1.00 e. The second-order valence-electron chi connectivity index (χ2n) is 9.18. The van der Waals surface area contributed by atoms with Crippen molar-refractivity contribution in [2.45, 2.75) is 21.6 Å². The molecule has 4 N–H and O–H groups in total. The summed E-state index contributed by atoms with van der Waals surface area (Å²) in [6, 6.07) is 10.3. The van der Waals surface area contributed by atoms with Crippen molar-refractivity contribution in [1.29, 1.82) is 0 Å². The molecule has 0 aromatic heterocycles. The van der Waals surface area contributed by atoms with Gasteiger partial charge in [-0.25, -0.2) is 21.0 Å². The van der Waals surface area contributed by atoms with Crippen LogP contribution in [0.4, 0.5) is 17.1 Å². The quantitative estimate of drug-likeness (QED) is 0.0938. The SMILES string of the molecule is CC(=O)Nc1cc(S(=O)(=O)O)cc2cc(S(=O)(=O)[O-])c(N=Nc3ccc4cccc(S(=O)(=O)CCOS(=O)(=O)O)c4c3)c(O)c12.[Na+]. The number of anilines is 1. The van der Waals surface area contributed by atoms with Crippen LogP contribution in [-0.4, -0.2) is 70.7 Å². The van der Waals surface area contributed by atoms with Gasteiger partial charge < -0.3 is 15.0 Å². The maximum atomic E-state index is 12.9. The normalized spacial score (nSPS) is 12.8. The summed E-state index contributed by atoms with van der Waals surface area (Å²) in [6.07, 6.45) is 0. The minimum absolute atomic E-state index is 0. The predicted octanol–water partition coefficient (Wildman–Crippen LogP) is -0.180. The third kappa shape index (κ3) is 8.63. The number of amides is 1. The number of aromatic hydroxyl groups is 1. The van der Waals surface area contributed by atoms with Crippen LogP contribution in [-0.2, 0) is 49.5 Å². The molecule has 0 bridgehead atoms. The van der Waals surface area contributed by atoms with E-state index in [4.69, 9.17) is 4.55 Å². The number of phenolic OH excluding ortho intramolecular Hbond substituents is 1. The van der Waals surface area contributed by atoms with Gasteiger partial charge in [-0.1, -0.05) is 18.2 Å². The summed E-state index contributed by atoms with van der Waals surface area (Å²) in [7, 11) is -19.4. The largest absolute Gasteiger partial charge is 1.00 e. The topological polar surface area (TPSA) is 283 Å². The Morgan fingerprint density at radius 2 is 1.57 bits per heavy atom. The van der Waals surface area contributed by atoms with Crippen LogP contribution in [0.5, 0.6) is 5.75 Å². The van der Waals surface area contributed by atoms with E-state index >= 15 is 0 Å². The van der Waals surface area contributed by atoms with Crippen molar-refractivity contribution in [1.82, 2.24) is 0 Å². The number of carbonyl (C=O) groups excluding carboxylic acids is 1. The summed E-state index contributed by atoms with van der Waals surface area (Å²) in [4.78, 5) is 9.54. The second kappa shape index (κ2) is 13.6. The molecule has 0 saturated carbocycles. The third-order valence-electron chi connectivity index (χ3n) is 6.01.